The van der Waals surface area contributed by atoms with E-state index in [1.165, 1.54) is 0 Å². The molecule has 0 aromatic heterocycles. The van der Waals surface area contributed by atoms with Gasteiger partial charge >= 0.3 is 0 Å². The Morgan fingerprint density at radius 3 is 2.25 bits per heavy atom. The summed E-state index contributed by atoms with van der Waals surface area (Å²) >= 11 is 0. The van der Waals surface area contributed by atoms with Gasteiger partial charge in [0, 0.05) is 17.8 Å². The number of hydrogen-bond donors (Lipinski definition) is 2. The van der Waals surface area contributed by atoms with Crippen molar-refractivity contribution >= 4 is 5.69 Å². The monoisotopic (exact) mass is 319 g/mol. The lowest BCUT2D eigenvalue weighted by atomic mass is 10.00. The van der Waals surface area contributed by atoms with Gasteiger partial charge in [-0.2, -0.15) is 0 Å². The van der Waals surface area contributed by atoms with Crippen LogP contribution < -0.4 is 10.1 Å². The highest BCUT2D eigenvalue weighted by molar-refractivity contribution is 5.54. The van der Waals surface area contributed by atoms with Gasteiger partial charge in [-0.25, -0.2) is 0 Å². The van der Waals surface area contributed by atoms with Crippen molar-refractivity contribution in [2.45, 2.75) is 12.6 Å². The summed E-state index contributed by atoms with van der Waals surface area (Å²) in [6, 6.07) is 25.5. The Bertz CT molecular complexity index is 769. The van der Waals surface area contributed by atoms with Crippen LogP contribution in [0.25, 0.3) is 0 Å². The SMILES string of the molecule is COc1ccc(CNc2ccccc2C(O)c2ccccc2)cc1. The van der Waals surface area contributed by atoms with E-state index in [9.17, 15) is 5.11 Å². The number of ether oxygens (including phenoxy) is 1. The summed E-state index contributed by atoms with van der Waals surface area (Å²) in [4.78, 5) is 0. The van der Waals surface area contributed by atoms with E-state index in [1.54, 1.807) is 7.11 Å². The third kappa shape index (κ3) is 3.76. The van der Waals surface area contributed by atoms with E-state index in [-0.39, 0.29) is 0 Å². The van der Waals surface area contributed by atoms with Crippen molar-refractivity contribution in [3.05, 3.63) is 95.6 Å². The first-order chi connectivity index (χ1) is 11.8. The van der Waals surface area contributed by atoms with Crippen LogP contribution in [-0.4, -0.2) is 12.2 Å². The van der Waals surface area contributed by atoms with Crippen molar-refractivity contribution in [1.29, 1.82) is 0 Å². The van der Waals surface area contributed by atoms with Gasteiger partial charge < -0.3 is 15.2 Å². The topological polar surface area (TPSA) is 41.5 Å². The Balaban J connectivity index is 1.76. The minimum Gasteiger partial charge on any atom is -0.497 e. The van der Waals surface area contributed by atoms with Crippen LogP contribution in [0.2, 0.25) is 0 Å². The lowest BCUT2D eigenvalue weighted by Gasteiger charge is -2.17. The molecule has 3 aromatic rings. The molecule has 0 saturated carbocycles. The van der Waals surface area contributed by atoms with Crippen molar-refractivity contribution in [3.8, 4) is 5.75 Å². The zero-order chi connectivity index (χ0) is 16.8. The Hall–Kier alpha value is -2.78. The first-order valence-electron chi connectivity index (χ1n) is 7.96. The maximum absolute atomic E-state index is 10.7. The minimum absolute atomic E-state index is 0.647. The Morgan fingerprint density at radius 2 is 1.54 bits per heavy atom. The summed E-state index contributed by atoms with van der Waals surface area (Å²) in [5, 5.41) is 14.1. The van der Waals surface area contributed by atoms with Crippen LogP contribution in [0.15, 0.2) is 78.9 Å². The molecule has 0 radical (unpaired) electrons. The number of anilines is 1. The van der Waals surface area contributed by atoms with E-state index >= 15 is 0 Å². The third-order valence-corrected chi connectivity index (χ3v) is 4.01. The van der Waals surface area contributed by atoms with Crippen LogP contribution in [0, 0.1) is 0 Å². The molecular weight excluding hydrogens is 298 g/mol. The Kier molecular flexibility index (Phi) is 5.14. The second-order valence-electron chi connectivity index (χ2n) is 5.60. The molecule has 0 aliphatic heterocycles. The van der Waals surface area contributed by atoms with Gasteiger partial charge in [-0.15, -0.1) is 0 Å². The first-order valence-corrected chi connectivity index (χ1v) is 7.96. The largest absolute Gasteiger partial charge is 0.497 e. The molecule has 3 rings (SSSR count). The maximum Gasteiger partial charge on any atom is 0.118 e. The second-order valence-corrected chi connectivity index (χ2v) is 5.60. The molecule has 0 fully saturated rings. The normalized spacial score (nSPS) is 11.8. The van der Waals surface area contributed by atoms with Crippen LogP contribution >= 0.6 is 0 Å². The number of nitrogens with one attached hydrogen (secondary N) is 1. The van der Waals surface area contributed by atoms with Gasteiger partial charge in [0.25, 0.3) is 0 Å². The third-order valence-electron chi connectivity index (χ3n) is 4.01. The number of hydrogen-bond acceptors (Lipinski definition) is 3. The van der Waals surface area contributed by atoms with Gasteiger partial charge in [-0.1, -0.05) is 60.7 Å². The summed E-state index contributed by atoms with van der Waals surface area (Å²) in [7, 11) is 1.66. The average molecular weight is 319 g/mol. The van der Waals surface area contributed by atoms with Crippen LogP contribution in [0.5, 0.6) is 5.75 Å². The highest BCUT2D eigenvalue weighted by atomic mass is 16.5. The van der Waals surface area contributed by atoms with Crippen molar-refractivity contribution < 1.29 is 9.84 Å². The van der Waals surface area contributed by atoms with E-state index in [2.05, 4.69) is 5.32 Å². The number of benzene rings is 3. The molecule has 0 aliphatic carbocycles. The molecule has 122 valence electrons. The molecule has 24 heavy (non-hydrogen) atoms. The Labute approximate surface area is 142 Å². The predicted molar refractivity (Wildman–Crippen MR) is 97.3 cm³/mol. The van der Waals surface area contributed by atoms with Gasteiger partial charge in [0.05, 0.1) is 7.11 Å². The molecule has 0 saturated heterocycles. The number of methoxy groups -OCH3 is 1. The molecule has 0 bridgehead atoms. The van der Waals surface area contributed by atoms with Crippen LogP contribution in [0.1, 0.15) is 22.8 Å². The molecule has 0 amide bonds. The van der Waals surface area contributed by atoms with Gasteiger partial charge in [-0.05, 0) is 29.3 Å². The molecule has 0 spiro atoms. The standard InChI is InChI=1S/C21H21NO2/c1-24-18-13-11-16(12-14-18)15-22-20-10-6-5-9-19(20)21(23)17-7-3-2-4-8-17/h2-14,21-23H,15H2,1H3. The molecule has 1 atom stereocenters. The number of aliphatic hydroxyl groups excluding tert-OH is 1. The zero-order valence-electron chi connectivity index (χ0n) is 13.6. The lowest BCUT2D eigenvalue weighted by Crippen LogP contribution is -2.06. The highest BCUT2D eigenvalue weighted by Crippen LogP contribution is 2.28. The zero-order valence-corrected chi connectivity index (χ0v) is 13.6. The number of para-hydroxylation sites is 1. The van der Waals surface area contributed by atoms with Gasteiger partial charge in [-0.3, -0.25) is 0 Å². The minimum atomic E-state index is -0.647. The fraction of sp³-hybridized carbons (Fsp3) is 0.143. The second kappa shape index (κ2) is 7.66. The highest BCUT2D eigenvalue weighted by Gasteiger charge is 2.13. The summed E-state index contributed by atoms with van der Waals surface area (Å²) in [5.41, 5.74) is 3.85. The smallest absolute Gasteiger partial charge is 0.118 e. The predicted octanol–water partition coefficient (Wildman–Crippen LogP) is 4.39. The van der Waals surface area contributed by atoms with Crippen LogP contribution in [0.4, 0.5) is 5.69 Å². The first kappa shape index (κ1) is 16.1. The van der Waals surface area contributed by atoms with Crippen molar-refractivity contribution in [3.63, 3.8) is 0 Å². The fourth-order valence-corrected chi connectivity index (χ4v) is 2.65. The van der Waals surface area contributed by atoms with Crippen molar-refractivity contribution in [2.75, 3.05) is 12.4 Å². The van der Waals surface area contributed by atoms with Gasteiger partial charge in [0.1, 0.15) is 11.9 Å². The molecule has 2 N–H and O–H groups in total. The van der Waals surface area contributed by atoms with E-state index in [0.29, 0.717) is 6.54 Å². The molecule has 0 aliphatic rings. The van der Waals surface area contributed by atoms with E-state index in [4.69, 9.17) is 4.74 Å². The number of aliphatic hydroxyl groups is 1. The van der Waals surface area contributed by atoms with Crippen LogP contribution in [-0.2, 0) is 6.54 Å². The maximum atomic E-state index is 10.7. The molecule has 0 heterocycles. The Morgan fingerprint density at radius 1 is 0.875 bits per heavy atom. The summed E-state index contributed by atoms with van der Waals surface area (Å²) in [5.74, 6) is 0.846. The molecule has 1 unspecified atom stereocenters. The van der Waals surface area contributed by atoms with Gasteiger partial charge in [0.2, 0.25) is 0 Å². The van der Waals surface area contributed by atoms with Crippen molar-refractivity contribution in [2.24, 2.45) is 0 Å². The molecule has 3 aromatic carbocycles. The fourth-order valence-electron chi connectivity index (χ4n) is 2.65. The van der Waals surface area contributed by atoms with Crippen LogP contribution in [0.3, 0.4) is 0 Å². The van der Waals surface area contributed by atoms with E-state index < -0.39 is 6.10 Å². The van der Waals surface area contributed by atoms with Crippen molar-refractivity contribution in [1.82, 2.24) is 0 Å². The number of rotatable bonds is 6. The average Bonchev–Trinajstić information content (AvgIpc) is 2.67. The summed E-state index contributed by atoms with van der Waals surface area (Å²) in [6.07, 6.45) is -0.647. The summed E-state index contributed by atoms with van der Waals surface area (Å²) < 4.78 is 5.18. The van der Waals surface area contributed by atoms with Gasteiger partial charge in [0.15, 0.2) is 0 Å². The lowest BCUT2D eigenvalue weighted by molar-refractivity contribution is 0.221. The van der Waals surface area contributed by atoms with E-state index in [0.717, 1.165) is 28.1 Å². The molecule has 3 heteroatoms. The molecule has 3 nitrogen and oxygen atoms in total. The molecular formula is C21H21NO2. The summed E-state index contributed by atoms with van der Waals surface area (Å²) in [6.45, 7) is 0.683. The quantitative estimate of drug-likeness (QED) is 0.708. The van der Waals surface area contributed by atoms with E-state index in [1.807, 2.05) is 78.9 Å².